The van der Waals surface area contributed by atoms with E-state index in [1.54, 1.807) is 12.1 Å². The molecule has 0 fully saturated rings. The Bertz CT molecular complexity index is 916. The molecule has 0 aliphatic carbocycles. The SMILES string of the molecule is O=C(Cc1ccc(F)cc1)Nc1ccc(-c2nnc3n2CCCC3)cc1. The second kappa shape index (κ2) is 7.07. The smallest absolute Gasteiger partial charge is 0.228 e. The van der Waals surface area contributed by atoms with Gasteiger partial charge >= 0.3 is 0 Å². The molecular weight excluding hydrogens is 331 g/mol. The number of rotatable bonds is 4. The number of fused-ring (bicyclic) bond motifs is 1. The van der Waals surface area contributed by atoms with Gasteiger partial charge in [0.15, 0.2) is 5.82 Å². The summed E-state index contributed by atoms with van der Waals surface area (Å²) in [6.07, 6.45) is 3.50. The van der Waals surface area contributed by atoms with Crippen molar-refractivity contribution >= 4 is 11.6 Å². The molecule has 0 unspecified atom stereocenters. The van der Waals surface area contributed by atoms with Gasteiger partial charge in [-0.1, -0.05) is 12.1 Å². The van der Waals surface area contributed by atoms with Crippen LogP contribution in [0.2, 0.25) is 0 Å². The van der Waals surface area contributed by atoms with E-state index in [-0.39, 0.29) is 18.1 Å². The van der Waals surface area contributed by atoms with E-state index in [2.05, 4.69) is 20.1 Å². The summed E-state index contributed by atoms with van der Waals surface area (Å²) < 4.78 is 15.1. The van der Waals surface area contributed by atoms with Crippen LogP contribution in [-0.4, -0.2) is 20.7 Å². The quantitative estimate of drug-likeness (QED) is 0.782. The van der Waals surface area contributed by atoms with Crippen LogP contribution in [0.3, 0.4) is 0 Å². The van der Waals surface area contributed by atoms with Gasteiger partial charge in [-0.25, -0.2) is 4.39 Å². The Kier molecular flexibility index (Phi) is 4.48. The molecule has 0 saturated carbocycles. The maximum Gasteiger partial charge on any atom is 0.228 e. The topological polar surface area (TPSA) is 59.8 Å². The van der Waals surface area contributed by atoms with Gasteiger partial charge in [0.25, 0.3) is 0 Å². The number of aromatic nitrogens is 3. The maximum absolute atomic E-state index is 12.9. The summed E-state index contributed by atoms with van der Waals surface area (Å²) in [7, 11) is 0. The van der Waals surface area contributed by atoms with Crippen LogP contribution in [0, 0.1) is 5.82 Å². The van der Waals surface area contributed by atoms with Crippen LogP contribution in [-0.2, 0) is 24.2 Å². The van der Waals surface area contributed by atoms with E-state index in [1.807, 2.05) is 24.3 Å². The molecule has 1 amide bonds. The first kappa shape index (κ1) is 16.4. The minimum absolute atomic E-state index is 0.135. The third-order valence-corrected chi connectivity index (χ3v) is 4.56. The fourth-order valence-electron chi connectivity index (χ4n) is 3.22. The van der Waals surface area contributed by atoms with Crippen molar-refractivity contribution in [3.63, 3.8) is 0 Å². The molecular formula is C20H19FN4O. The number of amides is 1. The van der Waals surface area contributed by atoms with E-state index < -0.39 is 0 Å². The molecule has 1 aliphatic rings. The number of aryl methyl sites for hydroxylation is 1. The summed E-state index contributed by atoms with van der Waals surface area (Å²) in [5.74, 6) is 1.48. The van der Waals surface area contributed by atoms with Crippen molar-refractivity contribution in [2.24, 2.45) is 0 Å². The van der Waals surface area contributed by atoms with Crippen LogP contribution >= 0.6 is 0 Å². The average molecular weight is 350 g/mol. The highest BCUT2D eigenvalue weighted by Crippen LogP contribution is 2.24. The van der Waals surface area contributed by atoms with Crippen molar-refractivity contribution in [3.8, 4) is 11.4 Å². The molecule has 26 heavy (non-hydrogen) atoms. The lowest BCUT2D eigenvalue weighted by Gasteiger charge is -2.14. The summed E-state index contributed by atoms with van der Waals surface area (Å²) in [6, 6.07) is 13.6. The summed E-state index contributed by atoms with van der Waals surface area (Å²) in [4.78, 5) is 12.1. The van der Waals surface area contributed by atoms with Crippen molar-refractivity contribution in [3.05, 3.63) is 65.7 Å². The fraction of sp³-hybridized carbons (Fsp3) is 0.250. The second-order valence-electron chi connectivity index (χ2n) is 6.48. The number of nitrogens with zero attached hydrogens (tertiary/aromatic N) is 3. The van der Waals surface area contributed by atoms with Crippen LogP contribution in [0.4, 0.5) is 10.1 Å². The van der Waals surface area contributed by atoms with Crippen molar-refractivity contribution < 1.29 is 9.18 Å². The van der Waals surface area contributed by atoms with E-state index in [4.69, 9.17) is 0 Å². The van der Waals surface area contributed by atoms with Gasteiger partial charge in [0.05, 0.1) is 6.42 Å². The van der Waals surface area contributed by atoms with Crippen molar-refractivity contribution in [1.29, 1.82) is 0 Å². The number of hydrogen-bond acceptors (Lipinski definition) is 3. The molecule has 0 bridgehead atoms. The van der Waals surface area contributed by atoms with Gasteiger partial charge < -0.3 is 9.88 Å². The Hall–Kier alpha value is -3.02. The number of halogens is 1. The average Bonchev–Trinajstić information content (AvgIpc) is 3.08. The molecule has 0 atom stereocenters. The highest BCUT2D eigenvalue weighted by Gasteiger charge is 2.16. The Morgan fingerprint density at radius 1 is 1.04 bits per heavy atom. The highest BCUT2D eigenvalue weighted by atomic mass is 19.1. The van der Waals surface area contributed by atoms with Crippen LogP contribution in [0.15, 0.2) is 48.5 Å². The maximum atomic E-state index is 12.9. The van der Waals surface area contributed by atoms with Crippen LogP contribution in [0.5, 0.6) is 0 Å². The van der Waals surface area contributed by atoms with Gasteiger partial charge in [0, 0.05) is 24.2 Å². The molecule has 2 aromatic carbocycles. The summed E-state index contributed by atoms with van der Waals surface area (Å²) >= 11 is 0. The zero-order valence-corrected chi connectivity index (χ0v) is 14.3. The van der Waals surface area contributed by atoms with Gasteiger partial charge in [-0.15, -0.1) is 10.2 Å². The van der Waals surface area contributed by atoms with Gasteiger partial charge in [-0.05, 0) is 54.8 Å². The third kappa shape index (κ3) is 3.49. The zero-order chi connectivity index (χ0) is 17.9. The van der Waals surface area contributed by atoms with E-state index in [9.17, 15) is 9.18 Å². The Balaban J connectivity index is 1.43. The number of carbonyl (C=O) groups is 1. The minimum Gasteiger partial charge on any atom is -0.326 e. The van der Waals surface area contributed by atoms with Crippen LogP contribution in [0.1, 0.15) is 24.2 Å². The summed E-state index contributed by atoms with van der Waals surface area (Å²) in [5, 5.41) is 11.5. The van der Waals surface area contributed by atoms with E-state index in [0.29, 0.717) is 0 Å². The lowest BCUT2D eigenvalue weighted by molar-refractivity contribution is -0.115. The van der Waals surface area contributed by atoms with Crippen molar-refractivity contribution in [2.45, 2.75) is 32.2 Å². The molecule has 1 N–H and O–H groups in total. The van der Waals surface area contributed by atoms with Gasteiger partial charge in [-0.2, -0.15) is 0 Å². The Morgan fingerprint density at radius 3 is 2.58 bits per heavy atom. The molecule has 0 spiro atoms. The largest absolute Gasteiger partial charge is 0.326 e. The molecule has 3 aromatic rings. The fourth-order valence-corrected chi connectivity index (χ4v) is 3.22. The van der Waals surface area contributed by atoms with Crippen LogP contribution in [0.25, 0.3) is 11.4 Å². The standard InChI is InChI=1S/C20H19FN4O/c21-16-8-4-14(5-9-16)13-19(26)22-17-10-6-15(7-11-17)20-24-23-18-3-1-2-12-25(18)20/h4-11H,1-3,12-13H2,(H,22,26). The number of anilines is 1. The summed E-state index contributed by atoms with van der Waals surface area (Å²) in [5.41, 5.74) is 2.48. The molecule has 0 radical (unpaired) electrons. The molecule has 4 rings (SSSR count). The normalized spacial score (nSPS) is 13.3. The predicted molar refractivity (Wildman–Crippen MR) is 97.1 cm³/mol. The predicted octanol–water partition coefficient (Wildman–Crippen LogP) is 3.60. The van der Waals surface area contributed by atoms with Gasteiger partial charge in [-0.3, -0.25) is 4.79 Å². The lowest BCUT2D eigenvalue weighted by Crippen LogP contribution is -2.14. The lowest BCUT2D eigenvalue weighted by atomic mass is 10.1. The monoisotopic (exact) mass is 350 g/mol. The molecule has 1 aromatic heterocycles. The van der Waals surface area contributed by atoms with Crippen LogP contribution < -0.4 is 5.32 Å². The number of benzene rings is 2. The molecule has 0 saturated heterocycles. The minimum atomic E-state index is -0.305. The third-order valence-electron chi connectivity index (χ3n) is 4.56. The van der Waals surface area contributed by atoms with Crippen molar-refractivity contribution in [2.75, 3.05) is 5.32 Å². The molecule has 6 heteroatoms. The Labute approximate surface area is 150 Å². The van der Waals surface area contributed by atoms with E-state index in [1.165, 1.54) is 12.1 Å². The summed E-state index contributed by atoms with van der Waals surface area (Å²) in [6.45, 7) is 0.952. The van der Waals surface area contributed by atoms with E-state index in [0.717, 1.165) is 54.3 Å². The Morgan fingerprint density at radius 2 is 1.81 bits per heavy atom. The molecule has 1 aliphatic heterocycles. The first-order valence-corrected chi connectivity index (χ1v) is 8.76. The number of nitrogens with one attached hydrogen (secondary N) is 1. The van der Waals surface area contributed by atoms with E-state index >= 15 is 0 Å². The van der Waals surface area contributed by atoms with Gasteiger partial charge in [0.2, 0.25) is 5.91 Å². The molecule has 132 valence electrons. The number of carbonyl (C=O) groups excluding carboxylic acids is 1. The van der Waals surface area contributed by atoms with Gasteiger partial charge in [0.1, 0.15) is 11.6 Å². The molecule has 5 nitrogen and oxygen atoms in total. The highest BCUT2D eigenvalue weighted by molar-refractivity contribution is 5.92. The first-order chi connectivity index (χ1) is 12.7. The molecule has 2 heterocycles. The number of hydrogen-bond donors (Lipinski definition) is 1. The zero-order valence-electron chi connectivity index (χ0n) is 14.3. The first-order valence-electron chi connectivity index (χ1n) is 8.76. The second-order valence-corrected chi connectivity index (χ2v) is 6.48. The van der Waals surface area contributed by atoms with Crippen molar-refractivity contribution in [1.82, 2.24) is 14.8 Å².